The molecule has 1 amide bonds. The van der Waals surface area contributed by atoms with Crippen LogP contribution in [0.4, 0.5) is 0 Å². The van der Waals surface area contributed by atoms with Crippen molar-refractivity contribution in [2.45, 2.75) is 39.3 Å². The summed E-state index contributed by atoms with van der Waals surface area (Å²) in [5, 5.41) is 4.85. The van der Waals surface area contributed by atoms with Crippen molar-refractivity contribution >= 4 is 27.5 Å². The van der Waals surface area contributed by atoms with E-state index in [-0.39, 0.29) is 24.1 Å². The van der Waals surface area contributed by atoms with Crippen LogP contribution in [0.1, 0.15) is 34.7 Å². The molecular weight excluding hydrogens is 422 g/mol. The summed E-state index contributed by atoms with van der Waals surface area (Å²) < 4.78 is 3.05. The van der Waals surface area contributed by atoms with E-state index in [0.29, 0.717) is 15.9 Å². The van der Waals surface area contributed by atoms with Crippen LogP contribution in [0.2, 0.25) is 0 Å². The number of carbonyl (C=O) groups is 1. The van der Waals surface area contributed by atoms with Gasteiger partial charge in [0, 0.05) is 0 Å². The number of thiophene rings is 1. The molecule has 0 fully saturated rings. The van der Waals surface area contributed by atoms with Crippen molar-refractivity contribution in [2.24, 2.45) is 0 Å². The van der Waals surface area contributed by atoms with Crippen molar-refractivity contribution in [3.05, 3.63) is 97.0 Å². The average Bonchev–Trinajstić information content (AvgIpc) is 3.41. The van der Waals surface area contributed by atoms with Crippen molar-refractivity contribution in [1.82, 2.24) is 14.5 Å². The van der Waals surface area contributed by atoms with E-state index in [1.54, 1.807) is 17.5 Å². The van der Waals surface area contributed by atoms with Crippen LogP contribution in [0.25, 0.3) is 15.9 Å². The van der Waals surface area contributed by atoms with Crippen LogP contribution in [-0.2, 0) is 17.8 Å². The molecule has 1 N–H and O–H groups in total. The molecule has 5 rings (SSSR count). The van der Waals surface area contributed by atoms with Gasteiger partial charge in [-0.15, -0.1) is 11.3 Å². The van der Waals surface area contributed by atoms with Crippen molar-refractivity contribution in [1.29, 1.82) is 0 Å². The number of aryl methyl sites for hydroxylation is 3. The van der Waals surface area contributed by atoms with E-state index < -0.39 is 5.69 Å². The van der Waals surface area contributed by atoms with E-state index in [1.165, 1.54) is 26.0 Å². The molecule has 0 saturated carbocycles. The predicted molar refractivity (Wildman–Crippen MR) is 127 cm³/mol. The smallest absolute Gasteiger partial charge is 0.336 e. The van der Waals surface area contributed by atoms with Crippen LogP contribution in [-0.4, -0.2) is 15.0 Å². The Morgan fingerprint density at radius 2 is 1.94 bits per heavy atom. The maximum absolute atomic E-state index is 13.5. The first-order valence-corrected chi connectivity index (χ1v) is 11.5. The Morgan fingerprint density at radius 1 is 1.12 bits per heavy atom. The molecule has 2 aromatic carbocycles. The fourth-order valence-corrected chi connectivity index (χ4v) is 5.42. The zero-order valence-corrected chi connectivity index (χ0v) is 18.7. The topological polar surface area (TPSA) is 73.1 Å². The molecule has 1 aliphatic carbocycles. The van der Waals surface area contributed by atoms with Crippen LogP contribution in [0.15, 0.2) is 63.5 Å². The molecule has 6 nitrogen and oxygen atoms in total. The zero-order chi connectivity index (χ0) is 22.4. The Morgan fingerprint density at radius 3 is 2.75 bits per heavy atom. The Kier molecular flexibility index (Phi) is 5.06. The number of nitrogens with zero attached hydrogens (tertiary/aromatic N) is 2. The largest absolute Gasteiger partial charge is 0.348 e. The SMILES string of the molecule is Cc1ccc(-n2c(=O)c3sccc3n(CC(=O)NC3CCc4ccccc43)c2=O)c(C)c1. The van der Waals surface area contributed by atoms with Gasteiger partial charge in [0.2, 0.25) is 5.91 Å². The minimum Gasteiger partial charge on any atom is -0.348 e. The summed E-state index contributed by atoms with van der Waals surface area (Å²) in [6.07, 6.45) is 1.77. The van der Waals surface area contributed by atoms with Gasteiger partial charge in [-0.05, 0) is 60.9 Å². The molecule has 7 heteroatoms. The molecule has 162 valence electrons. The number of hydrogen-bond donors (Lipinski definition) is 1. The average molecular weight is 446 g/mol. The van der Waals surface area contributed by atoms with Gasteiger partial charge in [0.1, 0.15) is 11.2 Å². The van der Waals surface area contributed by atoms with E-state index in [4.69, 9.17) is 0 Å². The number of nitrogens with one attached hydrogen (secondary N) is 1. The van der Waals surface area contributed by atoms with Gasteiger partial charge in [-0.2, -0.15) is 0 Å². The second kappa shape index (κ2) is 7.91. The summed E-state index contributed by atoms with van der Waals surface area (Å²) >= 11 is 1.28. The van der Waals surface area contributed by atoms with E-state index in [2.05, 4.69) is 11.4 Å². The quantitative estimate of drug-likeness (QED) is 0.521. The van der Waals surface area contributed by atoms with Gasteiger partial charge >= 0.3 is 5.69 Å². The zero-order valence-electron chi connectivity index (χ0n) is 17.9. The Labute approximate surface area is 188 Å². The Bertz CT molecular complexity index is 1480. The van der Waals surface area contributed by atoms with Crippen LogP contribution in [0.3, 0.4) is 0 Å². The van der Waals surface area contributed by atoms with Crippen LogP contribution >= 0.6 is 11.3 Å². The standard InChI is InChI=1S/C25H23N3O3S/c1-15-7-10-20(16(2)13-15)28-24(30)23-21(11-12-32-23)27(25(28)31)14-22(29)26-19-9-8-17-5-3-4-6-18(17)19/h3-7,10-13,19H,8-9,14H2,1-2H3,(H,26,29). The highest BCUT2D eigenvalue weighted by Gasteiger charge is 2.24. The minimum absolute atomic E-state index is 0.0578. The number of hydrogen-bond acceptors (Lipinski definition) is 4. The fourth-order valence-electron chi connectivity index (χ4n) is 4.60. The molecule has 0 aliphatic heterocycles. The van der Waals surface area contributed by atoms with Crippen LogP contribution in [0, 0.1) is 13.8 Å². The van der Waals surface area contributed by atoms with Crippen molar-refractivity contribution < 1.29 is 4.79 Å². The van der Waals surface area contributed by atoms with Gasteiger partial charge in [0.05, 0.1) is 17.2 Å². The van der Waals surface area contributed by atoms with Crippen LogP contribution < -0.4 is 16.6 Å². The number of fused-ring (bicyclic) bond motifs is 2. The third-order valence-corrected chi connectivity index (χ3v) is 7.01. The van der Waals surface area contributed by atoms with Crippen molar-refractivity contribution in [3.63, 3.8) is 0 Å². The Balaban J connectivity index is 1.55. The second-order valence-corrected chi connectivity index (χ2v) is 9.21. The molecule has 2 aromatic heterocycles. The molecule has 0 saturated heterocycles. The van der Waals surface area contributed by atoms with Gasteiger partial charge in [0.25, 0.3) is 5.56 Å². The summed E-state index contributed by atoms with van der Waals surface area (Å²) in [7, 11) is 0. The molecule has 1 unspecified atom stereocenters. The number of carbonyl (C=O) groups excluding carboxylic acids is 1. The van der Waals surface area contributed by atoms with Gasteiger partial charge < -0.3 is 5.32 Å². The van der Waals surface area contributed by atoms with Gasteiger partial charge in [-0.3, -0.25) is 14.2 Å². The predicted octanol–water partition coefficient (Wildman–Crippen LogP) is 3.63. The van der Waals surface area contributed by atoms with Gasteiger partial charge in [0.15, 0.2) is 0 Å². The number of amides is 1. The van der Waals surface area contributed by atoms with Crippen LogP contribution in [0.5, 0.6) is 0 Å². The molecular formula is C25H23N3O3S. The molecule has 4 aromatic rings. The first-order valence-electron chi connectivity index (χ1n) is 10.6. The van der Waals surface area contributed by atoms with Crippen molar-refractivity contribution in [2.75, 3.05) is 0 Å². The van der Waals surface area contributed by atoms with E-state index in [0.717, 1.165) is 29.5 Å². The lowest BCUT2D eigenvalue weighted by Gasteiger charge is -2.17. The highest BCUT2D eigenvalue weighted by Crippen LogP contribution is 2.30. The number of rotatable bonds is 4. The van der Waals surface area contributed by atoms with Gasteiger partial charge in [-0.25, -0.2) is 9.36 Å². The summed E-state index contributed by atoms with van der Waals surface area (Å²) in [6.45, 7) is 3.70. The van der Waals surface area contributed by atoms with E-state index in [1.807, 2.05) is 44.2 Å². The third kappa shape index (κ3) is 3.39. The lowest BCUT2D eigenvalue weighted by Crippen LogP contribution is -2.42. The second-order valence-electron chi connectivity index (χ2n) is 8.29. The lowest BCUT2D eigenvalue weighted by atomic mass is 10.1. The van der Waals surface area contributed by atoms with E-state index in [9.17, 15) is 14.4 Å². The molecule has 32 heavy (non-hydrogen) atoms. The lowest BCUT2D eigenvalue weighted by molar-refractivity contribution is -0.122. The fraction of sp³-hybridized carbons (Fsp3) is 0.240. The van der Waals surface area contributed by atoms with E-state index >= 15 is 0 Å². The van der Waals surface area contributed by atoms with Gasteiger partial charge in [-0.1, -0.05) is 42.0 Å². The molecule has 0 radical (unpaired) electrons. The summed E-state index contributed by atoms with van der Waals surface area (Å²) in [5.41, 5.74) is 4.44. The number of benzene rings is 2. The first kappa shape index (κ1) is 20.5. The molecule has 0 spiro atoms. The highest BCUT2D eigenvalue weighted by atomic mass is 32.1. The molecule has 1 aliphatic rings. The maximum Gasteiger partial charge on any atom is 0.336 e. The third-order valence-electron chi connectivity index (χ3n) is 6.12. The summed E-state index contributed by atoms with van der Waals surface area (Å²) in [5.74, 6) is -0.243. The monoisotopic (exact) mass is 445 g/mol. The highest BCUT2D eigenvalue weighted by molar-refractivity contribution is 7.17. The normalized spacial score (nSPS) is 15.1. The molecule has 1 atom stereocenters. The maximum atomic E-state index is 13.5. The summed E-state index contributed by atoms with van der Waals surface area (Å²) in [4.78, 5) is 39.6. The number of aromatic nitrogens is 2. The first-order chi connectivity index (χ1) is 15.4. The summed E-state index contributed by atoms with van der Waals surface area (Å²) in [6, 6.07) is 15.4. The van der Waals surface area contributed by atoms with Crippen molar-refractivity contribution in [3.8, 4) is 5.69 Å². The Hall–Kier alpha value is -3.45. The molecule has 2 heterocycles. The minimum atomic E-state index is -0.505. The molecule has 0 bridgehead atoms.